The van der Waals surface area contributed by atoms with Crippen molar-refractivity contribution in [2.24, 2.45) is 5.73 Å². The number of carbonyl (C=O) groups excluding carboxylic acids is 2. The second-order valence-corrected chi connectivity index (χ2v) is 4.92. The number of Topliss-reactive ketones (excluding diaryl/α,β-unsaturated/α-hetero) is 1. The number of hydrogen-bond acceptors (Lipinski definition) is 4. The third-order valence-electron chi connectivity index (χ3n) is 3.35. The molecule has 1 saturated heterocycles. The van der Waals surface area contributed by atoms with Crippen molar-refractivity contribution in [3.05, 3.63) is 29.8 Å². The molecule has 0 radical (unpaired) electrons. The SMILES string of the molecule is CC(=O)c1cccc(N2CC(C)NC(=O)C2CN)c1. The first-order chi connectivity index (χ1) is 9.02. The topological polar surface area (TPSA) is 75.4 Å². The van der Waals surface area contributed by atoms with Crippen LogP contribution in [0.25, 0.3) is 0 Å². The van der Waals surface area contributed by atoms with Gasteiger partial charge in [-0.25, -0.2) is 0 Å². The molecule has 0 aromatic heterocycles. The molecule has 1 aliphatic heterocycles. The lowest BCUT2D eigenvalue weighted by molar-refractivity contribution is -0.123. The minimum Gasteiger partial charge on any atom is -0.356 e. The second-order valence-electron chi connectivity index (χ2n) is 4.92. The zero-order valence-corrected chi connectivity index (χ0v) is 11.2. The molecule has 1 amide bonds. The van der Waals surface area contributed by atoms with Gasteiger partial charge in [0.2, 0.25) is 5.91 Å². The fourth-order valence-electron chi connectivity index (χ4n) is 2.37. The van der Waals surface area contributed by atoms with Gasteiger partial charge in [0.1, 0.15) is 6.04 Å². The van der Waals surface area contributed by atoms with Crippen molar-refractivity contribution >= 4 is 17.4 Å². The van der Waals surface area contributed by atoms with Gasteiger partial charge in [0.05, 0.1) is 0 Å². The molecule has 0 spiro atoms. The van der Waals surface area contributed by atoms with Crippen molar-refractivity contribution < 1.29 is 9.59 Å². The Labute approximate surface area is 112 Å². The Morgan fingerprint density at radius 3 is 2.89 bits per heavy atom. The minimum atomic E-state index is -0.376. The van der Waals surface area contributed by atoms with Crippen LogP contribution < -0.4 is 16.0 Å². The smallest absolute Gasteiger partial charge is 0.244 e. The maximum Gasteiger partial charge on any atom is 0.244 e. The Kier molecular flexibility index (Phi) is 3.85. The van der Waals surface area contributed by atoms with Crippen molar-refractivity contribution in [3.8, 4) is 0 Å². The summed E-state index contributed by atoms with van der Waals surface area (Å²) in [6.45, 7) is 4.43. The van der Waals surface area contributed by atoms with Crippen molar-refractivity contribution in [1.82, 2.24) is 5.32 Å². The normalized spacial score (nSPS) is 23.1. The van der Waals surface area contributed by atoms with E-state index in [0.717, 1.165) is 5.69 Å². The molecule has 1 fully saturated rings. The molecule has 102 valence electrons. The van der Waals surface area contributed by atoms with E-state index >= 15 is 0 Å². The molecule has 1 aliphatic rings. The zero-order valence-electron chi connectivity index (χ0n) is 11.2. The van der Waals surface area contributed by atoms with Gasteiger partial charge in [-0.3, -0.25) is 9.59 Å². The van der Waals surface area contributed by atoms with Crippen molar-refractivity contribution in [1.29, 1.82) is 0 Å². The van der Waals surface area contributed by atoms with Gasteiger partial charge in [0.25, 0.3) is 0 Å². The molecule has 0 saturated carbocycles. The third kappa shape index (κ3) is 2.76. The number of piperazine rings is 1. The average Bonchev–Trinajstić information content (AvgIpc) is 2.38. The van der Waals surface area contributed by atoms with E-state index in [1.54, 1.807) is 6.07 Å². The number of ketones is 1. The van der Waals surface area contributed by atoms with E-state index in [9.17, 15) is 9.59 Å². The van der Waals surface area contributed by atoms with Gasteiger partial charge < -0.3 is 16.0 Å². The standard InChI is InChI=1S/C14H19N3O2/c1-9-8-17(13(7-15)14(19)16-9)12-5-3-4-11(6-12)10(2)18/h3-6,9,13H,7-8,15H2,1-2H3,(H,16,19). The summed E-state index contributed by atoms with van der Waals surface area (Å²) in [6.07, 6.45) is 0. The van der Waals surface area contributed by atoms with Gasteiger partial charge in [0.15, 0.2) is 5.78 Å². The van der Waals surface area contributed by atoms with Crippen LogP contribution in [-0.2, 0) is 4.79 Å². The minimum absolute atomic E-state index is 0.0145. The zero-order chi connectivity index (χ0) is 14.0. The number of rotatable bonds is 3. The molecule has 5 nitrogen and oxygen atoms in total. The van der Waals surface area contributed by atoms with Crippen LogP contribution in [0.15, 0.2) is 24.3 Å². The summed E-state index contributed by atoms with van der Waals surface area (Å²) in [5.74, 6) is -0.0462. The van der Waals surface area contributed by atoms with Gasteiger partial charge in [-0.1, -0.05) is 12.1 Å². The highest BCUT2D eigenvalue weighted by Crippen LogP contribution is 2.21. The summed E-state index contributed by atoms with van der Waals surface area (Å²) >= 11 is 0. The molecule has 2 unspecified atom stereocenters. The summed E-state index contributed by atoms with van der Waals surface area (Å²) in [5, 5.41) is 2.89. The van der Waals surface area contributed by atoms with Gasteiger partial charge in [-0.05, 0) is 26.0 Å². The van der Waals surface area contributed by atoms with Crippen LogP contribution in [0.1, 0.15) is 24.2 Å². The number of anilines is 1. The summed E-state index contributed by atoms with van der Waals surface area (Å²) in [5.41, 5.74) is 7.21. The molecule has 2 rings (SSSR count). The number of hydrogen-bond donors (Lipinski definition) is 2. The first-order valence-electron chi connectivity index (χ1n) is 6.41. The number of nitrogens with two attached hydrogens (primary N) is 1. The Morgan fingerprint density at radius 1 is 1.53 bits per heavy atom. The molecule has 0 aliphatic carbocycles. The van der Waals surface area contributed by atoms with E-state index in [0.29, 0.717) is 12.1 Å². The van der Waals surface area contributed by atoms with Crippen LogP contribution >= 0.6 is 0 Å². The van der Waals surface area contributed by atoms with E-state index in [-0.39, 0.29) is 30.3 Å². The van der Waals surface area contributed by atoms with Crippen LogP contribution in [0.5, 0.6) is 0 Å². The highest BCUT2D eigenvalue weighted by Gasteiger charge is 2.31. The fourth-order valence-corrected chi connectivity index (χ4v) is 2.37. The van der Waals surface area contributed by atoms with Gasteiger partial charge in [-0.15, -0.1) is 0 Å². The predicted octanol–water partition coefficient (Wildman–Crippen LogP) is 0.541. The lowest BCUT2D eigenvalue weighted by atomic mass is 10.1. The number of amides is 1. The van der Waals surface area contributed by atoms with E-state index in [1.807, 2.05) is 30.0 Å². The van der Waals surface area contributed by atoms with Crippen LogP contribution in [0.4, 0.5) is 5.69 Å². The van der Waals surface area contributed by atoms with E-state index in [4.69, 9.17) is 5.73 Å². The lowest BCUT2D eigenvalue weighted by Gasteiger charge is -2.39. The Balaban J connectivity index is 2.34. The molecule has 1 heterocycles. The average molecular weight is 261 g/mol. The quantitative estimate of drug-likeness (QED) is 0.779. The largest absolute Gasteiger partial charge is 0.356 e. The molecule has 19 heavy (non-hydrogen) atoms. The van der Waals surface area contributed by atoms with Crippen molar-refractivity contribution in [2.75, 3.05) is 18.0 Å². The summed E-state index contributed by atoms with van der Waals surface area (Å²) in [4.78, 5) is 25.3. The van der Waals surface area contributed by atoms with Gasteiger partial charge >= 0.3 is 0 Å². The van der Waals surface area contributed by atoms with E-state index < -0.39 is 0 Å². The van der Waals surface area contributed by atoms with Crippen molar-refractivity contribution in [3.63, 3.8) is 0 Å². The van der Waals surface area contributed by atoms with Crippen LogP contribution in [0.2, 0.25) is 0 Å². The number of carbonyl (C=O) groups is 2. The number of benzene rings is 1. The third-order valence-corrected chi connectivity index (χ3v) is 3.35. The lowest BCUT2D eigenvalue weighted by Crippen LogP contribution is -2.61. The fraction of sp³-hybridized carbons (Fsp3) is 0.429. The molecule has 1 aromatic rings. The molecule has 2 atom stereocenters. The maximum absolute atomic E-state index is 11.9. The number of nitrogens with one attached hydrogen (secondary N) is 1. The summed E-state index contributed by atoms with van der Waals surface area (Å²) in [7, 11) is 0. The Bertz CT molecular complexity index is 501. The molecular formula is C14H19N3O2. The predicted molar refractivity (Wildman–Crippen MR) is 74.2 cm³/mol. The summed E-state index contributed by atoms with van der Waals surface area (Å²) in [6, 6.07) is 7.01. The highest BCUT2D eigenvalue weighted by atomic mass is 16.2. The monoisotopic (exact) mass is 261 g/mol. The summed E-state index contributed by atoms with van der Waals surface area (Å²) < 4.78 is 0. The van der Waals surface area contributed by atoms with Crippen LogP contribution in [0.3, 0.4) is 0 Å². The molecule has 3 N–H and O–H groups in total. The van der Waals surface area contributed by atoms with Gasteiger partial charge in [0, 0.05) is 30.4 Å². The first kappa shape index (κ1) is 13.5. The van der Waals surface area contributed by atoms with Crippen LogP contribution in [0, 0.1) is 0 Å². The van der Waals surface area contributed by atoms with Crippen molar-refractivity contribution in [2.45, 2.75) is 25.9 Å². The Morgan fingerprint density at radius 2 is 2.26 bits per heavy atom. The van der Waals surface area contributed by atoms with E-state index in [2.05, 4.69) is 5.32 Å². The first-order valence-corrected chi connectivity index (χ1v) is 6.41. The molecule has 1 aromatic carbocycles. The maximum atomic E-state index is 11.9. The van der Waals surface area contributed by atoms with E-state index in [1.165, 1.54) is 6.92 Å². The molecular weight excluding hydrogens is 242 g/mol. The molecule has 5 heteroatoms. The number of nitrogens with zero attached hydrogens (tertiary/aromatic N) is 1. The second kappa shape index (κ2) is 5.40. The van der Waals surface area contributed by atoms with Gasteiger partial charge in [-0.2, -0.15) is 0 Å². The molecule has 0 bridgehead atoms. The Hall–Kier alpha value is -1.88. The van der Waals surface area contributed by atoms with Crippen LogP contribution in [-0.4, -0.2) is 36.9 Å². The highest BCUT2D eigenvalue weighted by molar-refractivity contribution is 5.95.